The molecule has 8 nitrogen and oxygen atoms in total. The molecule has 33 heavy (non-hydrogen) atoms. The van der Waals surface area contributed by atoms with Gasteiger partial charge in [0, 0.05) is 37.4 Å². The predicted molar refractivity (Wildman–Crippen MR) is 118 cm³/mol. The molecule has 0 atom stereocenters. The molecule has 1 saturated heterocycles. The Labute approximate surface area is 189 Å². The first-order chi connectivity index (χ1) is 15.9. The Morgan fingerprint density at radius 1 is 1.00 bits per heavy atom. The van der Waals surface area contributed by atoms with Gasteiger partial charge >= 0.3 is 11.1 Å². The van der Waals surface area contributed by atoms with Crippen LogP contribution < -0.4 is 11.1 Å². The third-order valence-electron chi connectivity index (χ3n) is 6.79. The number of likely N-dealkylation sites (tertiary alicyclic amines) is 1. The lowest BCUT2D eigenvalue weighted by molar-refractivity contribution is -0.132. The Morgan fingerprint density at radius 3 is 2.48 bits per heavy atom. The summed E-state index contributed by atoms with van der Waals surface area (Å²) in [5.74, 6) is 0.239. The molecule has 1 amide bonds. The predicted octanol–water partition coefficient (Wildman–Crippen LogP) is 1.49. The summed E-state index contributed by atoms with van der Waals surface area (Å²) in [5.41, 5.74) is -0.0766. The van der Waals surface area contributed by atoms with Gasteiger partial charge in [-0.1, -0.05) is 18.2 Å². The van der Waals surface area contributed by atoms with Gasteiger partial charge in [-0.3, -0.25) is 23.9 Å². The van der Waals surface area contributed by atoms with E-state index >= 15 is 0 Å². The minimum absolute atomic E-state index is 0.0413. The molecule has 5 rings (SSSR count). The van der Waals surface area contributed by atoms with E-state index in [2.05, 4.69) is 10.1 Å². The second-order valence-corrected chi connectivity index (χ2v) is 8.82. The van der Waals surface area contributed by atoms with Gasteiger partial charge in [-0.05, 0) is 48.6 Å². The average molecular weight is 449 g/mol. The maximum absolute atomic E-state index is 13.4. The standard InChI is InChI=1S/C24H24FN5O3/c25-19-5-1-3-17(13-19)14-20(31)28-10-6-24(7-11-28)8-12-29-21(32)22(33)30(27-23(24)29)16-18-4-2-9-26-15-18/h1-5,9,13,15H,6-8,10-12,14,16H2. The van der Waals surface area contributed by atoms with Crippen molar-refractivity contribution in [3.05, 3.63) is 92.3 Å². The molecular formula is C24H24FN5O3. The van der Waals surface area contributed by atoms with Gasteiger partial charge in [0.05, 0.1) is 13.0 Å². The largest absolute Gasteiger partial charge is 0.342 e. The minimum atomic E-state index is -0.637. The molecule has 0 aliphatic carbocycles. The Morgan fingerprint density at radius 2 is 1.76 bits per heavy atom. The molecule has 0 bridgehead atoms. The molecule has 2 aliphatic heterocycles. The van der Waals surface area contributed by atoms with Gasteiger partial charge in [-0.15, -0.1) is 0 Å². The second-order valence-electron chi connectivity index (χ2n) is 8.82. The number of hydrogen-bond acceptors (Lipinski definition) is 5. The first-order valence-electron chi connectivity index (χ1n) is 11.1. The number of rotatable bonds is 4. The van der Waals surface area contributed by atoms with Crippen molar-refractivity contribution in [2.75, 3.05) is 13.1 Å². The van der Waals surface area contributed by atoms with Crippen LogP contribution in [0.5, 0.6) is 0 Å². The zero-order chi connectivity index (χ0) is 23.0. The van der Waals surface area contributed by atoms with Crippen LogP contribution in [0.25, 0.3) is 0 Å². The van der Waals surface area contributed by atoms with E-state index in [9.17, 15) is 18.8 Å². The van der Waals surface area contributed by atoms with Crippen LogP contribution in [0, 0.1) is 5.82 Å². The molecule has 170 valence electrons. The first kappa shape index (κ1) is 21.2. The minimum Gasteiger partial charge on any atom is -0.342 e. The van der Waals surface area contributed by atoms with Crippen molar-refractivity contribution in [1.29, 1.82) is 0 Å². The zero-order valence-corrected chi connectivity index (χ0v) is 18.1. The lowest BCUT2D eigenvalue weighted by Crippen LogP contribution is -2.48. The van der Waals surface area contributed by atoms with Gasteiger partial charge in [-0.2, -0.15) is 5.10 Å². The first-order valence-corrected chi connectivity index (χ1v) is 11.1. The highest BCUT2D eigenvalue weighted by Crippen LogP contribution is 2.41. The number of carbonyl (C=O) groups is 1. The molecule has 1 fully saturated rings. The zero-order valence-electron chi connectivity index (χ0n) is 18.1. The summed E-state index contributed by atoms with van der Waals surface area (Å²) in [6, 6.07) is 9.71. The fraction of sp³-hybridized carbons (Fsp3) is 0.375. The van der Waals surface area contributed by atoms with E-state index in [1.165, 1.54) is 21.4 Å². The highest BCUT2D eigenvalue weighted by Gasteiger charge is 2.45. The van der Waals surface area contributed by atoms with Crippen LogP contribution in [0.2, 0.25) is 0 Å². The Balaban J connectivity index is 1.35. The Bertz CT molecular complexity index is 1310. The highest BCUT2D eigenvalue weighted by atomic mass is 19.1. The maximum Gasteiger partial charge on any atom is 0.332 e. The number of carbonyl (C=O) groups excluding carboxylic acids is 1. The summed E-state index contributed by atoms with van der Waals surface area (Å²) in [6.07, 6.45) is 5.51. The molecule has 3 aromatic rings. The molecule has 2 aromatic heterocycles. The van der Waals surface area contributed by atoms with Crippen molar-refractivity contribution in [1.82, 2.24) is 24.2 Å². The maximum atomic E-state index is 13.4. The van der Waals surface area contributed by atoms with Crippen LogP contribution in [0.1, 0.15) is 36.2 Å². The van der Waals surface area contributed by atoms with Gasteiger partial charge in [-0.25, -0.2) is 9.07 Å². The number of amides is 1. The number of benzene rings is 1. The Kier molecular flexibility index (Phi) is 5.39. The van der Waals surface area contributed by atoms with Gasteiger partial charge < -0.3 is 4.90 Å². The summed E-state index contributed by atoms with van der Waals surface area (Å²) < 4.78 is 16.2. The molecule has 1 spiro atoms. The second kappa shape index (κ2) is 8.38. The summed E-state index contributed by atoms with van der Waals surface area (Å²) in [4.78, 5) is 44.0. The van der Waals surface area contributed by atoms with Crippen LogP contribution in [0.15, 0.2) is 58.4 Å². The molecule has 0 saturated carbocycles. The number of fused-ring (bicyclic) bond motifs is 2. The summed E-state index contributed by atoms with van der Waals surface area (Å²) >= 11 is 0. The third kappa shape index (κ3) is 3.99. The quantitative estimate of drug-likeness (QED) is 0.563. The van der Waals surface area contributed by atoms with Crippen molar-refractivity contribution in [3.8, 4) is 0 Å². The van der Waals surface area contributed by atoms with Crippen molar-refractivity contribution in [2.24, 2.45) is 0 Å². The number of hydrogen-bond donors (Lipinski definition) is 0. The molecule has 4 heterocycles. The molecule has 2 aliphatic rings. The van der Waals surface area contributed by atoms with Crippen molar-refractivity contribution in [2.45, 2.75) is 44.2 Å². The van der Waals surface area contributed by atoms with E-state index in [1.807, 2.05) is 6.07 Å². The summed E-state index contributed by atoms with van der Waals surface area (Å²) in [6.45, 7) is 1.71. The van der Waals surface area contributed by atoms with Gasteiger partial charge in [0.1, 0.15) is 11.6 Å². The van der Waals surface area contributed by atoms with Crippen molar-refractivity contribution >= 4 is 5.91 Å². The molecular weight excluding hydrogens is 425 g/mol. The van der Waals surface area contributed by atoms with Crippen LogP contribution >= 0.6 is 0 Å². The summed E-state index contributed by atoms with van der Waals surface area (Å²) in [7, 11) is 0. The SMILES string of the molecule is O=C(Cc1cccc(F)c1)N1CCC2(CC1)CCn1c2nn(Cc2cccnc2)c(=O)c1=O. The number of pyridine rings is 1. The lowest BCUT2D eigenvalue weighted by Gasteiger charge is -2.38. The van der Waals surface area contributed by atoms with Crippen LogP contribution in [-0.4, -0.2) is 43.2 Å². The van der Waals surface area contributed by atoms with Crippen molar-refractivity contribution < 1.29 is 9.18 Å². The van der Waals surface area contributed by atoms with Crippen molar-refractivity contribution in [3.63, 3.8) is 0 Å². The monoisotopic (exact) mass is 449 g/mol. The average Bonchev–Trinajstić information content (AvgIpc) is 3.16. The topological polar surface area (TPSA) is 90.1 Å². The van der Waals surface area contributed by atoms with E-state index in [1.54, 1.807) is 35.5 Å². The number of halogens is 1. The normalized spacial score (nSPS) is 16.7. The number of nitrogens with zero attached hydrogens (tertiary/aromatic N) is 5. The summed E-state index contributed by atoms with van der Waals surface area (Å²) in [5, 5.41) is 4.63. The Hall–Kier alpha value is -3.62. The number of piperidine rings is 1. The molecule has 0 radical (unpaired) electrons. The van der Waals surface area contributed by atoms with E-state index in [-0.39, 0.29) is 30.1 Å². The molecule has 1 aromatic carbocycles. The van der Waals surface area contributed by atoms with E-state index in [0.29, 0.717) is 43.9 Å². The smallest absolute Gasteiger partial charge is 0.332 e. The van der Waals surface area contributed by atoms with E-state index in [4.69, 9.17) is 0 Å². The molecule has 0 N–H and O–H groups in total. The van der Waals surface area contributed by atoms with Crippen LogP contribution in [0.3, 0.4) is 0 Å². The van der Waals surface area contributed by atoms with Crippen LogP contribution in [-0.2, 0) is 29.7 Å². The van der Waals surface area contributed by atoms with Gasteiger partial charge in [0.25, 0.3) is 0 Å². The molecule has 9 heteroatoms. The number of aromatic nitrogens is 4. The van der Waals surface area contributed by atoms with E-state index < -0.39 is 11.1 Å². The highest BCUT2D eigenvalue weighted by molar-refractivity contribution is 5.78. The molecule has 0 unspecified atom stereocenters. The van der Waals surface area contributed by atoms with Gasteiger partial charge in [0.15, 0.2) is 0 Å². The van der Waals surface area contributed by atoms with Gasteiger partial charge in [0.2, 0.25) is 5.91 Å². The third-order valence-corrected chi connectivity index (χ3v) is 6.79. The fourth-order valence-corrected chi connectivity index (χ4v) is 4.94. The lowest BCUT2D eigenvalue weighted by atomic mass is 9.76. The van der Waals surface area contributed by atoms with Crippen LogP contribution in [0.4, 0.5) is 4.39 Å². The fourth-order valence-electron chi connectivity index (χ4n) is 4.94. The van der Waals surface area contributed by atoms with E-state index in [0.717, 1.165) is 12.0 Å².